The van der Waals surface area contributed by atoms with Gasteiger partial charge in [-0.1, -0.05) is 12.8 Å². The molecule has 120 valence electrons. The van der Waals surface area contributed by atoms with Crippen LogP contribution in [-0.4, -0.2) is 44.2 Å². The summed E-state index contributed by atoms with van der Waals surface area (Å²) in [6, 6.07) is 0. The molecule has 3 heterocycles. The van der Waals surface area contributed by atoms with Crippen molar-refractivity contribution in [1.82, 2.24) is 25.0 Å². The first kappa shape index (κ1) is 14.2. The molecule has 1 amide bonds. The Balaban J connectivity index is 1.45. The number of aromatic nitrogens is 3. The number of carbonyl (C=O) groups excluding carboxylic acids is 1. The van der Waals surface area contributed by atoms with E-state index in [1.54, 1.807) is 0 Å². The van der Waals surface area contributed by atoms with E-state index in [0.717, 1.165) is 57.0 Å². The van der Waals surface area contributed by atoms with E-state index >= 15 is 0 Å². The number of hydrogen-bond acceptors (Lipinski definition) is 4. The van der Waals surface area contributed by atoms with Crippen molar-refractivity contribution in [2.24, 2.45) is 0 Å². The molecular formula is C16H25N5O. The zero-order chi connectivity index (χ0) is 15.0. The number of nitrogens with one attached hydrogen (secondary N) is 1. The van der Waals surface area contributed by atoms with E-state index in [0.29, 0.717) is 6.54 Å². The average molecular weight is 303 g/mol. The van der Waals surface area contributed by atoms with Gasteiger partial charge in [0.1, 0.15) is 11.4 Å². The lowest BCUT2D eigenvalue weighted by Crippen LogP contribution is -2.56. The molecule has 6 nitrogen and oxygen atoms in total. The molecule has 0 bridgehead atoms. The summed E-state index contributed by atoms with van der Waals surface area (Å²) in [5, 5.41) is 11.6. The minimum absolute atomic E-state index is 0.210. The molecule has 1 N–H and O–H groups in total. The number of rotatable bonds is 4. The van der Waals surface area contributed by atoms with Crippen molar-refractivity contribution in [1.29, 1.82) is 0 Å². The number of nitrogens with zero attached hydrogens (tertiary/aromatic N) is 4. The molecule has 22 heavy (non-hydrogen) atoms. The van der Waals surface area contributed by atoms with Crippen LogP contribution in [-0.2, 0) is 24.3 Å². The summed E-state index contributed by atoms with van der Waals surface area (Å²) in [7, 11) is 0. The molecule has 0 radical (unpaired) electrons. The number of amides is 1. The average Bonchev–Trinajstić information content (AvgIpc) is 3.29. The Morgan fingerprint density at radius 3 is 2.59 bits per heavy atom. The van der Waals surface area contributed by atoms with Crippen molar-refractivity contribution in [3.63, 3.8) is 0 Å². The lowest BCUT2D eigenvalue weighted by atomic mass is 9.94. The SMILES string of the molecule is O=C(NCc1nnc2n1CCC2)C1(N2CCCC2)CCCC1. The first-order valence-corrected chi connectivity index (χ1v) is 8.74. The van der Waals surface area contributed by atoms with E-state index in [-0.39, 0.29) is 11.4 Å². The van der Waals surface area contributed by atoms with Gasteiger partial charge in [0.2, 0.25) is 5.91 Å². The van der Waals surface area contributed by atoms with E-state index in [1.807, 2.05) is 0 Å². The molecule has 4 rings (SSSR count). The molecule has 2 aliphatic heterocycles. The Kier molecular flexibility index (Phi) is 3.64. The maximum Gasteiger partial charge on any atom is 0.240 e. The molecule has 1 aliphatic carbocycles. The Bertz CT molecular complexity index is 555. The van der Waals surface area contributed by atoms with Crippen molar-refractivity contribution in [3.05, 3.63) is 11.6 Å². The van der Waals surface area contributed by atoms with Crippen LogP contribution in [0.4, 0.5) is 0 Å². The van der Waals surface area contributed by atoms with Gasteiger partial charge in [0.05, 0.1) is 6.54 Å². The topological polar surface area (TPSA) is 63.1 Å². The van der Waals surface area contributed by atoms with E-state index in [9.17, 15) is 4.79 Å². The Labute approximate surface area is 131 Å². The van der Waals surface area contributed by atoms with Crippen LogP contribution in [0.5, 0.6) is 0 Å². The molecular weight excluding hydrogens is 278 g/mol. The predicted molar refractivity (Wildman–Crippen MR) is 82.2 cm³/mol. The van der Waals surface area contributed by atoms with Gasteiger partial charge in [-0.25, -0.2) is 0 Å². The Morgan fingerprint density at radius 2 is 1.82 bits per heavy atom. The molecule has 0 unspecified atom stereocenters. The highest BCUT2D eigenvalue weighted by atomic mass is 16.2. The molecule has 0 aromatic carbocycles. The lowest BCUT2D eigenvalue weighted by Gasteiger charge is -2.37. The highest BCUT2D eigenvalue weighted by Gasteiger charge is 2.46. The van der Waals surface area contributed by atoms with Crippen LogP contribution in [0.1, 0.15) is 56.6 Å². The molecule has 6 heteroatoms. The van der Waals surface area contributed by atoms with Gasteiger partial charge >= 0.3 is 0 Å². The summed E-state index contributed by atoms with van der Waals surface area (Å²) >= 11 is 0. The fourth-order valence-corrected chi connectivity index (χ4v) is 4.46. The van der Waals surface area contributed by atoms with Gasteiger partial charge in [0, 0.05) is 13.0 Å². The number of fused-ring (bicyclic) bond motifs is 1. The number of carbonyl (C=O) groups is 1. The summed E-state index contributed by atoms with van der Waals surface area (Å²) < 4.78 is 2.16. The molecule has 1 saturated carbocycles. The first-order valence-electron chi connectivity index (χ1n) is 8.74. The van der Waals surface area contributed by atoms with E-state index < -0.39 is 0 Å². The number of likely N-dealkylation sites (tertiary alicyclic amines) is 1. The second-order valence-corrected chi connectivity index (χ2v) is 6.90. The Hall–Kier alpha value is -1.43. The maximum atomic E-state index is 12.9. The summed E-state index contributed by atoms with van der Waals surface area (Å²) in [5.74, 6) is 2.19. The molecule has 2 fully saturated rings. The third-order valence-electron chi connectivity index (χ3n) is 5.66. The van der Waals surface area contributed by atoms with Gasteiger partial charge in [-0.2, -0.15) is 0 Å². The van der Waals surface area contributed by atoms with Crippen molar-refractivity contribution >= 4 is 5.91 Å². The van der Waals surface area contributed by atoms with Crippen molar-refractivity contribution in [2.75, 3.05) is 13.1 Å². The monoisotopic (exact) mass is 303 g/mol. The van der Waals surface area contributed by atoms with Crippen molar-refractivity contribution in [2.45, 2.75) is 70.0 Å². The zero-order valence-electron chi connectivity index (χ0n) is 13.2. The van der Waals surface area contributed by atoms with Gasteiger partial charge < -0.3 is 9.88 Å². The van der Waals surface area contributed by atoms with Gasteiger partial charge in [0.15, 0.2) is 5.82 Å². The van der Waals surface area contributed by atoms with Crippen LogP contribution in [0.25, 0.3) is 0 Å². The van der Waals surface area contributed by atoms with E-state index in [2.05, 4.69) is 25.0 Å². The molecule has 1 aromatic heterocycles. The third kappa shape index (κ3) is 2.24. The smallest absolute Gasteiger partial charge is 0.240 e. The van der Waals surface area contributed by atoms with Gasteiger partial charge in [-0.15, -0.1) is 10.2 Å². The zero-order valence-corrected chi connectivity index (χ0v) is 13.2. The molecule has 1 aromatic rings. The maximum absolute atomic E-state index is 12.9. The van der Waals surface area contributed by atoms with Crippen molar-refractivity contribution < 1.29 is 4.79 Å². The van der Waals surface area contributed by atoms with Crippen molar-refractivity contribution in [3.8, 4) is 0 Å². The summed E-state index contributed by atoms with van der Waals surface area (Å²) in [6.07, 6.45) is 8.98. The fourth-order valence-electron chi connectivity index (χ4n) is 4.46. The lowest BCUT2D eigenvalue weighted by molar-refractivity contribution is -0.133. The van der Waals surface area contributed by atoms with Crippen LogP contribution in [0, 0.1) is 0 Å². The van der Waals surface area contributed by atoms with Crippen LogP contribution in [0.15, 0.2) is 0 Å². The standard InChI is InChI=1S/C16H25N5O/c22-15(16(7-1-2-8-16)20-9-3-4-10-20)17-12-14-19-18-13-6-5-11-21(13)14/h1-12H2,(H,17,22). The van der Waals surface area contributed by atoms with Crippen LogP contribution in [0.2, 0.25) is 0 Å². The van der Waals surface area contributed by atoms with E-state index in [4.69, 9.17) is 0 Å². The molecule has 0 spiro atoms. The highest BCUT2D eigenvalue weighted by molar-refractivity contribution is 5.86. The summed E-state index contributed by atoms with van der Waals surface area (Å²) in [6.45, 7) is 3.66. The molecule has 1 saturated heterocycles. The third-order valence-corrected chi connectivity index (χ3v) is 5.66. The van der Waals surface area contributed by atoms with Crippen LogP contribution in [0.3, 0.4) is 0 Å². The molecule has 0 atom stereocenters. The minimum atomic E-state index is -0.246. The second kappa shape index (κ2) is 5.65. The number of aryl methyl sites for hydroxylation is 1. The first-order chi connectivity index (χ1) is 10.8. The fraction of sp³-hybridized carbons (Fsp3) is 0.812. The van der Waals surface area contributed by atoms with Gasteiger partial charge in [-0.05, 0) is 45.2 Å². The summed E-state index contributed by atoms with van der Waals surface area (Å²) in [5.41, 5.74) is -0.246. The summed E-state index contributed by atoms with van der Waals surface area (Å²) in [4.78, 5) is 15.4. The normalized spacial score (nSPS) is 23.8. The Morgan fingerprint density at radius 1 is 1.05 bits per heavy atom. The highest BCUT2D eigenvalue weighted by Crippen LogP contribution is 2.37. The largest absolute Gasteiger partial charge is 0.347 e. The van der Waals surface area contributed by atoms with Gasteiger partial charge in [0.25, 0.3) is 0 Å². The minimum Gasteiger partial charge on any atom is -0.347 e. The van der Waals surface area contributed by atoms with Crippen LogP contribution < -0.4 is 5.32 Å². The second-order valence-electron chi connectivity index (χ2n) is 6.90. The molecule has 3 aliphatic rings. The van der Waals surface area contributed by atoms with Crippen LogP contribution >= 0.6 is 0 Å². The quantitative estimate of drug-likeness (QED) is 0.909. The predicted octanol–water partition coefficient (Wildman–Crippen LogP) is 1.25. The van der Waals surface area contributed by atoms with E-state index in [1.165, 1.54) is 25.7 Å². The number of hydrogen-bond donors (Lipinski definition) is 1. The van der Waals surface area contributed by atoms with Gasteiger partial charge in [-0.3, -0.25) is 9.69 Å².